The molecule has 0 unspecified atom stereocenters. The van der Waals surface area contributed by atoms with Crippen molar-refractivity contribution in [3.05, 3.63) is 59.4 Å². The van der Waals surface area contributed by atoms with E-state index >= 15 is 0 Å². The van der Waals surface area contributed by atoms with Crippen LogP contribution in [0, 0.1) is 11.8 Å². The molecule has 5 atom stereocenters. The fraction of sp³-hybridized carbons (Fsp3) is 0.429. The van der Waals surface area contributed by atoms with Crippen molar-refractivity contribution in [2.45, 2.75) is 31.3 Å². The summed E-state index contributed by atoms with van der Waals surface area (Å²) in [7, 11) is 3.68. The number of Topliss-reactive ketones (excluding diaryl/α,β-unsaturated/α-hetero) is 1. The van der Waals surface area contributed by atoms with Crippen LogP contribution in [0.4, 0.5) is 0 Å². The maximum Gasteiger partial charge on any atom is 0.265 e. The van der Waals surface area contributed by atoms with Gasteiger partial charge in [0.15, 0.2) is 11.4 Å². The minimum Gasteiger partial charge on any atom is -0.470 e. The normalized spacial score (nSPS) is 31.6. The Morgan fingerprint density at radius 3 is 2.64 bits per heavy atom. The molecule has 7 nitrogen and oxygen atoms in total. The first-order valence-corrected chi connectivity index (χ1v) is 9.32. The number of hydrogen-bond donors (Lipinski definition) is 2. The van der Waals surface area contributed by atoms with Crippen molar-refractivity contribution in [2.75, 3.05) is 14.1 Å². The largest absolute Gasteiger partial charge is 0.470 e. The topological polar surface area (TPSA) is 96.0 Å². The summed E-state index contributed by atoms with van der Waals surface area (Å²) in [5, 5.41) is 25.9. The number of hydrogen-bond acceptors (Lipinski definition) is 7. The number of ketones is 1. The van der Waals surface area contributed by atoms with Crippen LogP contribution < -0.4 is 4.74 Å². The highest BCUT2D eigenvalue weighted by Gasteiger charge is 2.62. The molecule has 2 aliphatic carbocycles. The van der Waals surface area contributed by atoms with E-state index in [0.29, 0.717) is 5.76 Å². The molecule has 2 aromatic rings. The highest BCUT2D eigenvalue weighted by Crippen LogP contribution is 2.52. The first-order valence-electron chi connectivity index (χ1n) is 9.32. The van der Waals surface area contributed by atoms with Crippen LogP contribution in [0.2, 0.25) is 0 Å². The summed E-state index contributed by atoms with van der Waals surface area (Å²) in [4.78, 5) is 15.2. The van der Waals surface area contributed by atoms with Gasteiger partial charge in [0.05, 0.1) is 6.04 Å². The van der Waals surface area contributed by atoms with Crippen molar-refractivity contribution < 1.29 is 24.3 Å². The van der Waals surface area contributed by atoms with Crippen molar-refractivity contribution >= 4 is 5.78 Å². The molecule has 0 saturated heterocycles. The van der Waals surface area contributed by atoms with Gasteiger partial charge in [-0.2, -0.15) is 0 Å². The first-order chi connectivity index (χ1) is 13.4. The van der Waals surface area contributed by atoms with E-state index in [9.17, 15) is 15.0 Å². The average Bonchev–Trinajstić information content (AvgIpc) is 3.09. The van der Waals surface area contributed by atoms with Crippen molar-refractivity contribution in [3.63, 3.8) is 0 Å². The average molecular weight is 384 g/mol. The Morgan fingerprint density at radius 1 is 1.25 bits per heavy atom. The lowest BCUT2D eigenvalue weighted by molar-refractivity contribution is -0.110. The van der Waals surface area contributed by atoms with Crippen LogP contribution in [0.1, 0.15) is 34.6 Å². The van der Waals surface area contributed by atoms with Gasteiger partial charge in [0.25, 0.3) is 5.88 Å². The van der Waals surface area contributed by atoms with Crippen LogP contribution >= 0.6 is 0 Å². The second-order valence-corrected chi connectivity index (χ2v) is 7.78. The van der Waals surface area contributed by atoms with Gasteiger partial charge in [-0.3, -0.25) is 9.69 Å². The Hall–Kier alpha value is -2.48. The fourth-order valence-electron chi connectivity index (χ4n) is 4.40. The third-order valence-corrected chi connectivity index (χ3v) is 5.78. The molecule has 2 N–H and O–H groups in total. The molecule has 1 aromatic carbocycles. The van der Waals surface area contributed by atoms with Gasteiger partial charge in [0, 0.05) is 5.92 Å². The van der Waals surface area contributed by atoms with Crippen molar-refractivity contribution in [1.29, 1.82) is 0 Å². The molecule has 0 bridgehead atoms. The van der Waals surface area contributed by atoms with Crippen LogP contribution in [0.15, 0.2) is 47.0 Å². The quantitative estimate of drug-likeness (QED) is 0.778. The smallest absolute Gasteiger partial charge is 0.265 e. The zero-order valence-electron chi connectivity index (χ0n) is 16.1. The van der Waals surface area contributed by atoms with Gasteiger partial charge in [-0.1, -0.05) is 49.4 Å². The van der Waals surface area contributed by atoms with Gasteiger partial charge in [-0.05, 0) is 30.7 Å². The number of ether oxygens (including phenoxy) is 1. The molecule has 0 fully saturated rings. The van der Waals surface area contributed by atoms with Gasteiger partial charge < -0.3 is 19.5 Å². The third kappa shape index (κ3) is 2.70. The third-order valence-electron chi connectivity index (χ3n) is 5.78. The zero-order valence-corrected chi connectivity index (χ0v) is 16.1. The molecular weight excluding hydrogens is 360 g/mol. The molecule has 0 saturated carbocycles. The summed E-state index contributed by atoms with van der Waals surface area (Å²) in [5.41, 5.74) is -0.945. The number of carbonyl (C=O) groups excluding carboxylic acids is 1. The van der Waals surface area contributed by atoms with Crippen molar-refractivity contribution in [1.82, 2.24) is 10.1 Å². The Bertz CT molecular complexity index is 907. The Morgan fingerprint density at radius 2 is 1.96 bits per heavy atom. The molecular formula is C21H24N2O5. The van der Waals surface area contributed by atoms with E-state index < -0.39 is 29.4 Å². The monoisotopic (exact) mass is 384 g/mol. The molecule has 0 radical (unpaired) electrons. The van der Waals surface area contributed by atoms with Crippen LogP contribution in [0.5, 0.6) is 5.88 Å². The maximum atomic E-state index is 13.3. The number of aliphatic hydroxyl groups excluding tert-OH is 1. The summed E-state index contributed by atoms with van der Waals surface area (Å²) < 4.78 is 11.3. The number of aromatic nitrogens is 1. The lowest BCUT2D eigenvalue weighted by Crippen LogP contribution is -2.63. The molecule has 1 aromatic heterocycles. The van der Waals surface area contributed by atoms with Gasteiger partial charge in [0.1, 0.15) is 18.3 Å². The molecule has 148 valence electrons. The predicted octanol–water partition coefficient (Wildman–Crippen LogP) is 1.97. The number of fused-ring (bicyclic) bond motifs is 2. The van der Waals surface area contributed by atoms with Gasteiger partial charge >= 0.3 is 0 Å². The van der Waals surface area contributed by atoms with Crippen LogP contribution in [0.25, 0.3) is 0 Å². The number of rotatable bonds is 4. The molecule has 7 heteroatoms. The zero-order chi connectivity index (χ0) is 20.1. The van der Waals surface area contributed by atoms with E-state index in [2.05, 4.69) is 5.16 Å². The van der Waals surface area contributed by atoms with Gasteiger partial charge in [0.2, 0.25) is 5.78 Å². The van der Waals surface area contributed by atoms with E-state index in [0.717, 1.165) is 5.56 Å². The maximum absolute atomic E-state index is 13.3. The highest BCUT2D eigenvalue weighted by molar-refractivity contribution is 6.07. The van der Waals surface area contributed by atoms with E-state index in [-0.39, 0.29) is 24.0 Å². The minimum absolute atomic E-state index is 0.0389. The minimum atomic E-state index is -1.97. The summed E-state index contributed by atoms with van der Waals surface area (Å²) in [5.74, 6) is -0.924. The van der Waals surface area contributed by atoms with Crippen LogP contribution in [-0.2, 0) is 6.61 Å². The first kappa shape index (κ1) is 18.9. The van der Waals surface area contributed by atoms with Crippen molar-refractivity contribution in [2.24, 2.45) is 11.8 Å². The number of aliphatic hydroxyl groups is 2. The van der Waals surface area contributed by atoms with Crippen LogP contribution in [0.3, 0.4) is 0 Å². The summed E-state index contributed by atoms with van der Waals surface area (Å²) >= 11 is 0. The van der Waals surface area contributed by atoms with E-state index in [4.69, 9.17) is 9.26 Å². The predicted molar refractivity (Wildman–Crippen MR) is 101 cm³/mol. The molecule has 1 heterocycles. The molecule has 4 rings (SSSR count). The standard InChI is InChI=1S/C21H24N2O5/c1-12-9-10-14(24)21(26)16(12)17(23(2)3)18-15(19(21)25)20(22-28-18)27-11-13-7-5-4-6-8-13/h4-10,12,14,16-17,24,26H,11H2,1-3H3/t12-,14+,16-,17-,21+/m0/s1. The molecule has 28 heavy (non-hydrogen) atoms. The second kappa shape index (κ2) is 6.84. The SMILES string of the molecule is C[C@H]1C=C[C@@H](O)[C@]2(O)C(=O)c3c(OCc4ccccc4)noc3[C@@H](N(C)C)[C@H]12. The van der Waals surface area contributed by atoms with Crippen LogP contribution in [-0.4, -0.2) is 51.9 Å². The van der Waals surface area contributed by atoms with E-state index in [1.54, 1.807) is 0 Å². The summed E-state index contributed by atoms with van der Waals surface area (Å²) in [6, 6.07) is 9.05. The van der Waals surface area contributed by atoms with E-state index in [1.165, 1.54) is 6.08 Å². The fourth-order valence-corrected chi connectivity index (χ4v) is 4.40. The Kier molecular flexibility index (Phi) is 4.61. The molecule has 0 aliphatic heterocycles. The van der Waals surface area contributed by atoms with E-state index in [1.807, 2.05) is 62.3 Å². The summed E-state index contributed by atoms with van der Waals surface area (Å²) in [6.45, 7) is 2.12. The highest BCUT2D eigenvalue weighted by atomic mass is 16.5. The molecule has 0 spiro atoms. The Labute approximate surface area is 163 Å². The number of carbonyl (C=O) groups is 1. The summed E-state index contributed by atoms with van der Waals surface area (Å²) in [6.07, 6.45) is 1.99. The van der Waals surface area contributed by atoms with Gasteiger partial charge in [-0.25, -0.2) is 0 Å². The Balaban J connectivity index is 1.77. The number of benzene rings is 1. The van der Waals surface area contributed by atoms with Crippen molar-refractivity contribution in [3.8, 4) is 5.88 Å². The second-order valence-electron chi connectivity index (χ2n) is 7.78. The lowest BCUT2D eigenvalue weighted by atomic mass is 9.61. The number of nitrogens with zero attached hydrogens (tertiary/aromatic N) is 2. The number of allylic oxidation sites excluding steroid dienone is 1. The molecule has 0 amide bonds. The molecule has 2 aliphatic rings. The lowest BCUT2D eigenvalue weighted by Gasteiger charge is -2.49. The van der Waals surface area contributed by atoms with Gasteiger partial charge in [-0.15, -0.1) is 0 Å².